The highest BCUT2D eigenvalue weighted by Crippen LogP contribution is 2.27. The van der Waals surface area contributed by atoms with E-state index in [0.717, 1.165) is 17.6 Å². The van der Waals surface area contributed by atoms with Crippen LogP contribution in [0.3, 0.4) is 0 Å². The molecule has 0 saturated carbocycles. The van der Waals surface area contributed by atoms with Gasteiger partial charge in [0.25, 0.3) is 5.56 Å². The van der Waals surface area contributed by atoms with Crippen LogP contribution in [0.5, 0.6) is 0 Å². The number of esters is 1. The van der Waals surface area contributed by atoms with Crippen LogP contribution in [0.15, 0.2) is 47.3 Å². The molecule has 0 saturated heterocycles. The van der Waals surface area contributed by atoms with E-state index in [1.165, 1.54) is 12.7 Å². The van der Waals surface area contributed by atoms with Crippen LogP contribution >= 0.6 is 0 Å². The Balaban J connectivity index is 1.84. The molecule has 3 aromatic rings. The lowest BCUT2D eigenvalue weighted by molar-refractivity contribution is 0.0601. The normalized spacial score (nSPS) is 14.6. The van der Waals surface area contributed by atoms with Crippen molar-refractivity contribution >= 4 is 28.5 Å². The summed E-state index contributed by atoms with van der Waals surface area (Å²) in [5, 5.41) is 0.438. The summed E-state index contributed by atoms with van der Waals surface area (Å²) in [5.74, 6) is 0.241. The number of nitrogens with zero attached hydrogens (tertiary/aromatic N) is 2. The standard InChI is InChI=1S/C21H18N2O3/c1-13-3-5-14(6-4-13)11-15-9-10-23-19(15)22-18-8-7-16(21(25)26-2)12-17(18)20(23)24/h3-8,11-12H,9-10H2,1-2H3. The monoisotopic (exact) mass is 346 g/mol. The minimum absolute atomic E-state index is 0.122. The Morgan fingerprint density at radius 3 is 2.69 bits per heavy atom. The highest BCUT2D eigenvalue weighted by Gasteiger charge is 2.21. The lowest BCUT2D eigenvalue weighted by Crippen LogP contribution is -2.21. The predicted molar refractivity (Wildman–Crippen MR) is 101 cm³/mol. The molecular formula is C21H18N2O3. The topological polar surface area (TPSA) is 61.2 Å². The summed E-state index contributed by atoms with van der Waals surface area (Å²) in [7, 11) is 1.32. The second kappa shape index (κ2) is 6.26. The number of carbonyl (C=O) groups excluding carboxylic acids is 1. The van der Waals surface area contributed by atoms with Crippen molar-refractivity contribution in [1.29, 1.82) is 0 Å². The van der Waals surface area contributed by atoms with Crippen LogP contribution in [-0.2, 0) is 11.3 Å². The fourth-order valence-corrected chi connectivity index (χ4v) is 3.26. The molecule has 5 nitrogen and oxygen atoms in total. The molecular weight excluding hydrogens is 328 g/mol. The average molecular weight is 346 g/mol. The smallest absolute Gasteiger partial charge is 0.337 e. The summed E-state index contributed by atoms with van der Waals surface area (Å²) in [6.07, 6.45) is 2.84. The maximum absolute atomic E-state index is 12.9. The summed E-state index contributed by atoms with van der Waals surface area (Å²) >= 11 is 0. The predicted octanol–water partition coefficient (Wildman–Crippen LogP) is 3.44. The maximum Gasteiger partial charge on any atom is 0.337 e. The van der Waals surface area contributed by atoms with Crippen LogP contribution in [0.25, 0.3) is 22.6 Å². The molecule has 0 bridgehead atoms. The van der Waals surface area contributed by atoms with Gasteiger partial charge in [0.2, 0.25) is 0 Å². The number of aromatic nitrogens is 2. The molecule has 0 unspecified atom stereocenters. The summed E-state index contributed by atoms with van der Waals surface area (Å²) in [6.45, 7) is 2.65. The molecule has 1 aromatic heterocycles. The van der Waals surface area contributed by atoms with Gasteiger partial charge < -0.3 is 4.74 Å². The zero-order chi connectivity index (χ0) is 18.3. The first kappa shape index (κ1) is 16.3. The number of benzene rings is 2. The molecule has 2 aromatic carbocycles. The van der Waals surface area contributed by atoms with Gasteiger partial charge in [0.05, 0.1) is 23.6 Å². The molecule has 4 rings (SSSR count). The number of hydrogen-bond donors (Lipinski definition) is 0. The molecule has 26 heavy (non-hydrogen) atoms. The van der Waals surface area contributed by atoms with Gasteiger partial charge in [-0.25, -0.2) is 9.78 Å². The van der Waals surface area contributed by atoms with Gasteiger partial charge in [-0.3, -0.25) is 9.36 Å². The van der Waals surface area contributed by atoms with E-state index in [2.05, 4.69) is 42.2 Å². The zero-order valence-electron chi connectivity index (χ0n) is 14.7. The van der Waals surface area contributed by atoms with E-state index in [1.807, 2.05) is 0 Å². The molecule has 0 fully saturated rings. The number of methoxy groups -OCH3 is 1. The van der Waals surface area contributed by atoms with E-state index in [-0.39, 0.29) is 5.56 Å². The number of rotatable bonds is 2. The second-order valence-electron chi connectivity index (χ2n) is 6.45. The van der Waals surface area contributed by atoms with E-state index in [4.69, 9.17) is 4.74 Å². The van der Waals surface area contributed by atoms with Crippen LogP contribution in [0.4, 0.5) is 0 Å². The Hall–Kier alpha value is -3.21. The van der Waals surface area contributed by atoms with Gasteiger partial charge in [-0.05, 0) is 48.8 Å². The molecule has 2 heterocycles. The summed E-state index contributed by atoms with van der Waals surface area (Å²) in [6, 6.07) is 13.2. The zero-order valence-corrected chi connectivity index (χ0v) is 14.7. The van der Waals surface area contributed by atoms with Crippen molar-refractivity contribution in [2.45, 2.75) is 19.9 Å². The third-order valence-electron chi connectivity index (χ3n) is 4.69. The fourth-order valence-electron chi connectivity index (χ4n) is 3.26. The molecule has 0 aliphatic carbocycles. The molecule has 0 atom stereocenters. The SMILES string of the molecule is COC(=O)c1ccc2nc3n(c(=O)c2c1)CCC3=Cc1ccc(C)cc1. The van der Waals surface area contributed by atoms with E-state index in [9.17, 15) is 9.59 Å². The van der Waals surface area contributed by atoms with Crippen molar-refractivity contribution in [3.8, 4) is 0 Å². The second-order valence-corrected chi connectivity index (χ2v) is 6.45. The quantitative estimate of drug-likeness (QED) is 0.667. The van der Waals surface area contributed by atoms with Crippen LogP contribution in [0.1, 0.15) is 33.7 Å². The van der Waals surface area contributed by atoms with Gasteiger partial charge in [-0.2, -0.15) is 0 Å². The van der Waals surface area contributed by atoms with Gasteiger partial charge >= 0.3 is 5.97 Å². The van der Waals surface area contributed by atoms with Crippen molar-refractivity contribution in [2.75, 3.05) is 7.11 Å². The first-order chi connectivity index (χ1) is 12.6. The number of ether oxygens (including phenoxy) is 1. The third kappa shape index (κ3) is 2.71. The Morgan fingerprint density at radius 1 is 1.19 bits per heavy atom. The number of aryl methyl sites for hydroxylation is 1. The average Bonchev–Trinajstić information content (AvgIpc) is 3.06. The first-order valence-corrected chi connectivity index (χ1v) is 8.47. The lowest BCUT2D eigenvalue weighted by Gasteiger charge is -2.07. The Labute approximate surface area is 150 Å². The molecule has 0 radical (unpaired) electrons. The van der Waals surface area contributed by atoms with Gasteiger partial charge in [-0.15, -0.1) is 0 Å². The van der Waals surface area contributed by atoms with E-state index < -0.39 is 5.97 Å². The number of carbonyl (C=O) groups is 1. The minimum Gasteiger partial charge on any atom is -0.465 e. The number of hydrogen-bond acceptors (Lipinski definition) is 4. The van der Waals surface area contributed by atoms with Gasteiger partial charge in [-0.1, -0.05) is 29.8 Å². The third-order valence-corrected chi connectivity index (χ3v) is 4.69. The highest BCUT2D eigenvalue weighted by molar-refractivity contribution is 5.94. The molecule has 0 N–H and O–H groups in total. The van der Waals surface area contributed by atoms with E-state index in [1.54, 1.807) is 22.8 Å². The fraction of sp³-hybridized carbons (Fsp3) is 0.190. The van der Waals surface area contributed by atoms with Crippen molar-refractivity contribution < 1.29 is 9.53 Å². The van der Waals surface area contributed by atoms with E-state index in [0.29, 0.717) is 28.8 Å². The highest BCUT2D eigenvalue weighted by atomic mass is 16.5. The van der Waals surface area contributed by atoms with Crippen molar-refractivity contribution in [2.24, 2.45) is 0 Å². The van der Waals surface area contributed by atoms with E-state index >= 15 is 0 Å². The number of allylic oxidation sites excluding steroid dienone is 1. The molecule has 1 aliphatic rings. The summed E-state index contributed by atoms with van der Waals surface area (Å²) < 4.78 is 6.42. The van der Waals surface area contributed by atoms with Gasteiger partial charge in [0.1, 0.15) is 5.82 Å². The molecule has 0 amide bonds. The first-order valence-electron chi connectivity index (χ1n) is 8.47. The lowest BCUT2D eigenvalue weighted by atomic mass is 10.1. The summed E-state index contributed by atoms with van der Waals surface area (Å²) in [5.41, 5.74) is 4.17. The maximum atomic E-state index is 12.9. The van der Waals surface area contributed by atoms with Crippen LogP contribution in [-0.4, -0.2) is 22.6 Å². The van der Waals surface area contributed by atoms with Crippen molar-refractivity contribution in [1.82, 2.24) is 9.55 Å². The summed E-state index contributed by atoms with van der Waals surface area (Å²) in [4.78, 5) is 29.3. The molecule has 1 aliphatic heterocycles. The van der Waals surface area contributed by atoms with Crippen LogP contribution in [0, 0.1) is 6.92 Å². The Kier molecular flexibility index (Phi) is 3.92. The molecule has 5 heteroatoms. The Morgan fingerprint density at radius 2 is 1.96 bits per heavy atom. The van der Waals surface area contributed by atoms with Gasteiger partial charge in [0, 0.05) is 6.54 Å². The number of fused-ring (bicyclic) bond motifs is 2. The van der Waals surface area contributed by atoms with Crippen molar-refractivity contribution in [3.05, 3.63) is 75.3 Å². The van der Waals surface area contributed by atoms with Crippen LogP contribution in [0.2, 0.25) is 0 Å². The van der Waals surface area contributed by atoms with Crippen LogP contribution < -0.4 is 5.56 Å². The minimum atomic E-state index is -0.461. The molecule has 130 valence electrons. The van der Waals surface area contributed by atoms with Crippen molar-refractivity contribution in [3.63, 3.8) is 0 Å². The Bertz CT molecular complexity index is 1110. The molecule has 0 spiro atoms. The van der Waals surface area contributed by atoms with Gasteiger partial charge in [0.15, 0.2) is 0 Å². The largest absolute Gasteiger partial charge is 0.465 e.